The lowest BCUT2D eigenvalue weighted by Crippen LogP contribution is -2.52. The van der Waals surface area contributed by atoms with Crippen LogP contribution in [0.15, 0.2) is 30.3 Å². The Hall–Kier alpha value is -2.69. The molecule has 0 radical (unpaired) electrons. The summed E-state index contributed by atoms with van der Waals surface area (Å²) in [5.41, 5.74) is -2.47. The van der Waals surface area contributed by atoms with Gasteiger partial charge in [-0.2, -0.15) is 11.8 Å². The van der Waals surface area contributed by atoms with Crippen molar-refractivity contribution in [3.05, 3.63) is 56.1 Å². The molecule has 2 aliphatic rings. The fourth-order valence-corrected chi connectivity index (χ4v) is 5.28. The maximum Gasteiger partial charge on any atom is 0.366 e. The second kappa shape index (κ2) is 7.51. The molecule has 2 aliphatic heterocycles. The van der Waals surface area contributed by atoms with E-state index < -0.39 is 21.4 Å². The van der Waals surface area contributed by atoms with Crippen LogP contribution in [0.5, 0.6) is 0 Å². The van der Waals surface area contributed by atoms with E-state index in [0.29, 0.717) is 5.75 Å². The monoisotopic (exact) mass is 394 g/mol. The maximum absolute atomic E-state index is 11.8. The molecule has 1 aromatic rings. The SMILES string of the molecule is O=CC(c1ccccc1)(C(CC[C@@H]1SC[C@@H]2NC(=O)N[C@@H]21)[N+](=O)[O-])[N+](=O)[O-]. The van der Waals surface area contributed by atoms with Gasteiger partial charge in [0, 0.05) is 32.8 Å². The van der Waals surface area contributed by atoms with Gasteiger partial charge in [-0.3, -0.25) is 25.0 Å². The van der Waals surface area contributed by atoms with Crippen molar-refractivity contribution in [2.45, 2.75) is 41.8 Å². The number of carbonyl (C=O) groups excluding carboxylic acids is 2. The number of hydrogen-bond donors (Lipinski definition) is 2. The van der Waals surface area contributed by atoms with E-state index in [1.54, 1.807) is 17.8 Å². The van der Waals surface area contributed by atoms with Crippen LogP contribution in [0, 0.1) is 20.2 Å². The molecular formula is C16H18N4O6S. The summed E-state index contributed by atoms with van der Waals surface area (Å²) in [5, 5.41) is 29.0. The Kier molecular flexibility index (Phi) is 5.31. The predicted molar refractivity (Wildman–Crippen MR) is 96.7 cm³/mol. The number of hydrogen-bond acceptors (Lipinski definition) is 7. The second-order valence-electron chi connectivity index (χ2n) is 6.57. The van der Waals surface area contributed by atoms with Gasteiger partial charge >= 0.3 is 11.6 Å². The second-order valence-corrected chi connectivity index (χ2v) is 7.84. The summed E-state index contributed by atoms with van der Waals surface area (Å²) in [6.07, 6.45) is 0.188. The lowest BCUT2D eigenvalue weighted by Gasteiger charge is -2.24. The highest BCUT2D eigenvalue weighted by Crippen LogP contribution is 2.36. The summed E-state index contributed by atoms with van der Waals surface area (Å²) in [6.45, 7) is 0. The topological polar surface area (TPSA) is 144 Å². The lowest BCUT2D eigenvalue weighted by molar-refractivity contribution is -0.645. The largest absolute Gasteiger partial charge is 0.366 e. The van der Waals surface area contributed by atoms with Crippen LogP contribution in [0.25, 0.3) is 0 Å². The smallest absolute Gasteiger partial charge is 0.332 e. The first-order chi connectivity index (χ1) is 12.9. The molecule has 2 N–H and O–H groups in total. The number of nitro groups is 2. The minimum atomic E-state index is -2.45. The number of aldehydes is 1. The Morgan fingerprint density at radius 3 is 2.56 bits per heavy atom. The average molecular weight is 394 g/mol. The molecule has 11 heteroatoms. The first kappa shape index (κ1) is 19.1. The molecule has 2 amide bonds. The number of amides is 2. The van der Waals surface area contributed by atoms with Gasteiger partial charge in [-0.05, 0) is 6.42 Å². The summed E-state index contributed by atoms with van der Waals surface area (Å²) in [6, 6.07) is 5.12. The number of thioether (sulfide) groups is 1. The van der Waals surface area contributed by atoms with Gasteiger partial charge in [0.05, 0.1) is 12.1 Å². The Balaban J connectivity index is 1.85. The molecule has 0 aromatic heterocycles. The van der Waals surface area contributed by atoms with Crippen molar-refractivity contribution in [1.29, 1.82) is 0 Å². The molecule has 0 saturated carbocycles. The van der Waals surface area contributed by atoms with E-state index in [4.69, 9.17) is 0 Å². The standard InChI is InChI=1S/C16H18N4O6S/c21-9-16(20(25)26,10-4-2-1-3-5-10)13(19(23)24)7-6-12-14-11(8-27-12)17-15(22)18-14/h1-5,9,11-14H,6-8H2,(H2,17,18,22)/t11-,12-,13?,14-,16?/m0/s1. The van der Waals surface area contributed by atoms with E-state index >= 15 is 0 Å². The molecular weight excluding hydrogens is 376 g/mol. The van der Waals surface area contributed by atoms with Crippen LogP contribution >= 0.6 is 11.8 Å². The van der Waals surface area contributed by atoms with Crippen LogP contribution in [-0.4, -0.2) is 51.3 Å². The molecule has 2 unspecified atom stereocenters. The van der Waals surface area contributed by atoms with Crippen molar-refractivity contribution in [2.75, 3.05) is 5.75 Å². The quantitative estimate of drug-likeness (QED) is 0.289. The van der Waals surface area contributed by atoms with Gasteiger partial charge in [-0.1, -0.05) is 30.3 Å². The summed E-state index contributed by atoms with van der Waals surface area (Å²) >= 11 is 1.55. The van der Waals surface area contributed by atoms with Crippen LogP contribution < -0.4 is 10.6 Å². The lowest BCUT2D eigenvalue weighted by atomic mass is 9.82. The Morgan fingerprint density at radius 1 is 1.26 bits per heavy atom. The summed E-state index contributed by atoms with van der Waals surface area (Å²) in [4.78, 5) is 45.2. The highest BCUT2D eigenvalue weighted by atomic mass is 32.2. The highest BCUT2D eigenvalue weighted by Gasteiger charge is 2.60. The Labute approximate surface area is 158 Å². The molecule has 0 aliphatic carbocycles. The minimum absolute atomic E-state index is 0.0144. The fraction of sp³-hybridized carbons (Fsp3) is 0.500. The van der Waals surface area contributed by atoms with Crippen LogP contribution in [0.1, 0.15) is 18.4 Å². The molecule has 3 rings (SSSR count). The van der Waals surface area contributed by atoms with E-state index in [1.165, 1.54) is 24.3 Å². The number of benzene rings is 1. The predicted octanol–water partition coefficient (Wildman–Crippen LogP) is 0.948. The van der Waals surface area contributed by atoms with Gasteiger partial charge in [-0.25, -0.2) is 4.79 Å². The molecule has 2 saturated heterocycles. The maximum atomic E-state index is 11.8. The number of fused-ring (bicyclic) bond motifs is 1. The Bertz CT molecular complexity index is 763. The van der Waals surface area contributed by atoms with E-state index in [9.17, 15) is 29.8 Å². The van der Waals surface area contributed by atoms with Gasteiger partial charge in [0.2, 0.25) is 6.29 Å². The molecule has 5 atom stereocenters. The molecule has 2 fully saturated rings. The number of carbonyl (C=O) groups is 2. The van der Waals surface area contributed by atoms with E-state index in [0.717, 1.165) is 0 Å². The molecule has 1 aromatic carbocycles. The van der Waals surface area contributed by atoms with Crippen molar-refractivity contribution < 1.29 is 19.4 Å². The normalized spacial score (nSPS) is 27.0. The third-order valence-electron chi connectivity index (χ3n) is 5.14. The van der Waals surface area contributed by atoms with Crippen molar-refractivity contribution in [2.24, 2.45) is 0 Å². The van der Waals surface area contributed by atoms with Crippen molar-refractivity contribution >= 4 is 24.1 Å². The zero-order chi connectivity index (χ0) is 19.6. The highest BCUT2D eigenvalue weighted by molar-refractivity contribution is 8.00. The summed E-state index contributed by atoms with van der Waals surface area (Å²) in [7, 11) is 0. The first-order valence-electron chi connectivity index (χ1n) is 8.38. The van der Waals surface area contributed by atoms with Crippen molar-refractivity contribution in [3.63, 3.8) is 0 Å². The number of rotatable bonds is 8. The van der Waals surface area contributed by atoms with Crippen molar-refractivity contribution in [3.8, 4) is 0 Å². The van der Waals surface area contributed by atoms with E-state index in [1.807, 2.05) is 0 Å². The summed E-state index contributed by atoms with van der Waals surface area (Å²) < 4.78 is 0. The molecule has 10 nitrogen and oxygen atoms in total. The molecule has 144 valence electrons. The Morgan fingerprint density at radius 2 is 1.96 bits per heavy atom. The number of urea groups is 1. The number of nitrogens with one attached hydrogen (secondary N) is 2. The van der Waals surface area contributed by atoms with Gasteiger partial charge < -0.3 is 10.6 Å². The van der Waals surface area contributed by atoms with Crippen LogP contribution in [-0.2, 0) is 10.3 Å². The van der Waals surface area contributed by atoms with Crippen molar-refractivity contribution in [1.82, 2.24) is 10.6 Å². The fourth-order valence-electron chi connectivity index (χ4n) is 3.77. The average Bonchev–Trinajstić information content (AvgIpc) is 3.18. The first-order valence-corrected chi connectivity index (χ1v) is 9.43. The third-order valence-corrected chi connectivity index (χ3v) is 6.65. The van der Waals surface area contributed by atoms with E-state index in [-0.39, 0.29) is 48.1 Å². The van der Waals surface area contributed by atoms with Gasteiger partial charge in [0.1, 0.15) is 0 Å². The van der Waals surface area contributed by atoms with E-state index in [2.05, 4.69) is 10.6 Å². The summed E-state index contributed by atoms with van der Waals surface area (Å²) in [5.74, 6) is 0.671. The minimum Gasteiger partial charge on any atom is -0.332 e. The molecule has 2 heterocycles. The van der Waals surface area contributed by atoms with Gasteiger partial charge in [-0.15, -0.1) is 0 Å². The van der Waals surface area contributed by atoms with Crippen LogP contribution in [0.2, 0.25) is 0 Å². The molecule has 27 heavy (non-hydrogen) atoms. The molecule has 0 bridgehead atoms. The van der Waals surface area contributed by atoms with Crippen LogP contribution in [0.3, 0.4) is 0 Å². The van der Waals surface area contributed by atoms with Gasteiger partial charge in [0.15, 0.2) is 0 Å². The zero-order valence-corrected chi connectivity index (χ0v) is 15.0. The number of nitrogens with zero attached hydrogens (tertiary/aromatic N) is 2. The molecule has 0 spiro atoms. The third kappa shape index (κ3) is 3.34. The zero-order valence-electron chi connectivity index (χ0n) is 14.1. The van der Waals surface area contributed by atoms with Gasteiger partial charge in [0.25, 0.3) is 6.04 Å². The van der Waals surface area contributed by atoms with Crippen LogP contribution in [0.4, 0.5) is 4.79 Å².